The second-order valence-electron chi connectivity index (χ2n) is 5.22. The lowest BCUT2D eigenvalue weighted by Crippen LogP contribution is -2.45. The first-order valence-electron chi connectivity index (χ1n) is 7.07. The van der Waals surface area contributed by atoms with Crippen LogP contribution < -0.4 is 0 Å². The molecule has 1 aromatic heterocycles. The minimum Gasteiger partial charge on any atom is -0.394 e. The number of aromatic nitrogens is 1. The van der Waals surface area contributed by atoms with Crippen molar-refractivity contribution in [2.45, 2.75) is 25.3 Å². The monoisotopic (exact) mass is 270 g/mol. The predicted molar refractivity (Wildman–Crippen MR) is 77.5 cm³/mol. The van der Waals surface area contributed by atoms with Crippen LogP contribution in [0.4, 0.5) is 0 Å². The van der Waals surface area contributed by atoms with Crippen LogP contribution in [0.3, 0.4) is 0 Å². The van der Waals surface area contributed by atoms with Crippen molar-refractivity contribution in [3.8, 4) is 0 Å². The summed E-state index contributed by atoms with van der Waals surface area (Å²) >= 11 is 0. The van der Waals surface area contributed by atoms with Gasteiger partial charge in [0.1, 0.15) is 5.69 Å². The number of hydrogen-bond acceptors (Lipinski definition) is 3. The van der Waals surface area contributed by atoms with Crippen LogP contribution in [0.2, 0.25) is 0 Å². The van der Waals surface area contributed by atoms with E-state index in [0.29, 0.717) is 12.2 Å². The minimum absolute atomic E-state index is 0.0271. The SMILES string of the molecule is O=C(c1ccc2ccccc2n1)N1CCCCC1CO. The third-order valence-electron chi connectivity index (χ3n) is 3.92. The van der Waals surface area contributed by atoms with Crippen LogP contribution in [0.25, 0.3) is 10.9 Å². The van der Waals surface area contributed by atoms with Crippen molar-refractivity contribution >= 4 is 16.8 Å². The minimum atomic E-state index is -0.0745. The fourth-order valence-corrected chi connectivity index (χ4v) is 2.79. The summed E-state index contributed by atoms with van der Waals surface area (Å²) in [6.45, 7) is 0.734. The Labute approximate surface area is 118 Å². The summed E-state index contributed by atoms with van der Waals surface area (Å²) in [5.74, 6) is -0.0745. The van der Waals surface area contributed by atoms with Crippen molar-refractivity contribution in [1.82, 2.24) is 9.88 Å². The smallest absolute Gasteiger partial charge is 0.272 e. The van der Waals surface area contributed by atoms with E-state index in [9.17, 15) is 9.90 Å². The Morgan fingerprint density at radius 1 is 1.25 bits per heavy atom. The Balaban J connectivity index is 1.91. The standard InChI is InChI=1S/C16H18N2O2/c19-11-13-6-3-4-10-18(13)16(20)15-9-8-12-5-1-2-7-14(12)17-15/h1-2,5,7-9,13,19H,3-4,6,10-11H2. The van der Waals surface area contributed by atoms with Crippen molar-refractivity contribution in [2.75, 3.05) is 13.2 Å². The molecule has 1 aliphatic heterocycles. The van der Waals surface area contributed by atoms with Crippen LogP contribution in [0.1, 0.15) is 29.8 Å². The number of nitrogens with zero attached hydrogens (tertiary/aromatic N) is 2. The highest BCUT2D eigenvalue weighted by molar-refractivity contribution is 5.95. The average Bonchev–Trinajstić information content (AvgIpc) is 2.53. The summed E-state index contributed by atoms with van der Waals surface area (Å²) < 4.78 is 0. The van der Waals surface area contributed by atoms with E-state index in [1.165, 1.54) is 0 Å². The number of rotatable bonds is 2. The molecule has 0 saturated carbocycles. The summed E-state index contributed by atoms with van der Waals surface area (Å²) in [5, 5.41) is 10.4. The highest BCUT2D eigenvalue weighted by atomic mass is 16.3. The van der Waals surface area contributed by atoms with Gasteiger partial charge in [-0.15, -0.1) is 0 Å². The van der Waals surface area contributed by atoms with E-state index < -0.39 is 0 Å². The van der Waals surface area contributed by atoms with Crippen LogP contribution in [-0.2, 0) is 0 Å². The fourth-order valence-electron chi connectivity index (χ4n) is 2.79. The van der Waals surface area contributed by atoms with Gasteiger partial charge in [0.2, 0.25) is 0 Å². The first kappa shape index (κ1) is 13.1. The highest BCUT2D eigenvalue weighted by Crippen LogP contribution is 2.20. The predicted octanol–water partition coefficient (Wildman–Crippen LogP) is 2.22. The first-order valence-corrected chi connectivity index (χ1v) is 7.07. The number of benzene rings is 1. The molecular formula is C16H18N2O2. The number of pyridine rings is 1. The summed E-state index contributed by atoms with van der Waals surface area (Å²) in [4.78, 5) is 18.8. The Bertz CT molecular complexity index is 627. The number of aliphatic hydroxyl groups excluding tert-OH is 1. The number of fused-ring (bicyclic) bond motifs is 1. The Kier molecular flexibility index (Phi) is 3.65. The molecule has 20 heavy (non-hydrogen) atoms. The number of piperidine rings is 1. The van der Waals surface area contributed by atoms with Gasteiger partial charge in [0.15, 0.2) is 0 Å². The number of carbonyl (C=O) groups is 1. The molecule has 0 bridgehead atoms. The molecule has 1 N–H and O–H groups in total. The van der Waals surface area contributed by atoms with Gasteiger partial charge in [-0.05, 0) is 31.4 Å². The third-order valence-corrected chi connectivity index (χ3v) is 3.92. The fraction of sp³-hybridized carbons (Fsp3) is 0.375. The van der Waals surface area contributed by atoms with Gasteiger partial charge in [-0.2, -0.15) is 0 Å². The highest BCUT2D eigenvalue weighted by Gasteiger charge is 2.27. The molecular weight excluding hydrogens is 252 g/mol. The maximum absolute atomic E-state index is 12.6. The normalized spacial score (nSPS) is 19.2. The zero-order valence-electron chi connectivity index (χ0n) is 11.3. The molecule has 4 heteroatoms. The van der Waals surface area contributed by atoms with Gasteiger partial charge in [0.25, 0.3) is 5.91 Å². The van der Waals surface area contributed by atoms with Crippen molar-refractivity contribution in [2.24, 2.45) is 0 Å². The third kappa shape index (κ3) is 2.39. The maximum Gasteiger partial charge on any atom is 0.272 e. The number of aliphatic hydroxyl groups is 1. The molecule has 1 aliphatic rings. The molecule has 0 spiro atoms. The lowest BCUT2D eigenvalue weighted by Gasteiger charge is -2.34. The van der Waals surface area contributed by atoms with E-state index in [1.807, 2.05) is 30.3 Å². The molecule has 0 aliphatic carbocycles. The lowest BCUT2D eigenvalue weighted by atomic mass is 10.0. The number of hydrogen-bond donors (Lipinski definition) is 1. The summed E-state index contributed by atoms with van der Waals surface area (Å²) in [5.41, 5.74) is 1.29. The number of carbonyl (C=O) groups excluding carboxylic acids is 1. The van der Waals surface area contributed by atoms with Crippen LogP contribution >= 0.6 is 0 Å². The second-order valence-corrected chi connectivity index (χ2v) is 5.22. The van der Waals surface area contributed by atoms with Gasteiger partial charge < -0.3 is 10.0 Å². The zero-order chi connectivity index (χ0) is 13.9. The van der Waals surface area contributed by atoms with Crippen molar-refractivity contribution in [3.05, 3.63) is 42.1 Å². The van der Waals surface area contributed by atoms with Crippen molar-refractivity contribution < 1.29 is 9.90 Å². The molecule has 0 radical (unpaired) electrons. The quantitative estimate of drug-likeness (QED) is 0.910. The Morgan fingerprint density at radius 3 is 2.95 bits per heavy atom. The van der Waals surface area contributed by atoms with E-state index in [2.05, 4.69) is 4.98 Å². The molecule has 1 fully saturated rings. The summed E-state index contributed by atoms with van der Waals surface area (Å²) in [7, 11) is 0. The molecule has 1 aromatic carbocycles. The van der Waals surface area contributed by atoms with Crippen molar-refractivity contribution in [3.63, 3.8) is 0 Å². The number of likely N-dealkylation sites (tertiary alicyclic amines) is 1. The molecule has 2 aromatic rings. The van der Waals surface area contributed by atoms with Gasteiger partial charge in [-0.25, -0.2) is 4.98 Å². The van der Waals surface area contributed by atoms with Crippen LogP contribution in [-0.4, -0.2) is 40.1 Å². The largest absolute Gasteiger partial charge is 0.394 e. The van der Waals surface area contributed by atoms with Gasteiger partial charge in [0.05, 0.1) is 18.2 Å². The van der Waals surface area contributed by atoms with E-state index in [-0.39, 0.29) is 18.6 Å². The van der Waals surface area contributed by atoms with E-state index >= 15 is 0 Å². The van der Waals surface area contributed by atoms with E-state index in [4.69, 9.17) is 0 Å². The molecule has 1 amide bonds. The molecule has 4 nitrogen and oxygen atoms in total. The summed E-state index contributed by atoms with van der Waals surface area (Å²) in [6.07, 6.45) is 2.94. The lowest BCUT2D eigenvalue weighted by molar-refractivity contribution is 0.0498. The Hall–Kier alpha value is -1.94. The van der Waals surface area contributed by atoms with Crippen LogP contribution in [0.5, 0.6) is 0 Å². The molecule has 1 saturated heterocycles. The number of para-hydroxylation sites is 1. The molecule has 1 unspecified atom stereocenters. The molecule has 1 atom stereocenters. The average molecular weight is 270 g/mol. The maximum atomic E-state index is 12.6. The van der Waals surface area contributed by atoms with Gasteiger partial charge >= 0.3 is 0 Å². The van der Waals surface area contributed by atoms with E-state index in [0.717, 1.165) is 30.2 Å². The molecule has 3 rings (SSSR count). The van der Waals surface area contributed by atoms with Gasteiger partial charge in [-0.3, -0.25) is 4.79 Å². The first-order chi connectivity index (χ1) is 9.79. The van der Waals surface area contributed by atoms with Crippen LogP contribution in [0, 0.1) is 0 Å². The van der Waals surface area contributed by atoms with Gasteiger partial charge in [0, 0.05) is 11.9 Å². The summed E-state index contributed by atoms with van der Waals surface area (Å²) in [6, 6.07) is 11.4. The van der Waals surface area contributed by atoms with Crippen LogP contribution in [0.15, 0.2) is 36.4 Å². The molecule has 2 heterocycles. The second kappa shape index (κ2) is 5.59. The Morgan fingerprint density at radius 2 is 2.10 bits per heavy atom. The van der Waals surface area contributed by atoms with Gasteiger partial charge in [-0.1, -0.05) is 24.3 Å². The van der Waals surface area contributed by atoms with E-state index in [1.54, 1.807) is 11.0 Å². The van der Waals surface area contributed by atoms with Crippen molar-refractivity contribution in [1.29, 1.82) is 0 Å². The number of amides is 1. The molecule has 104 valence electrons. The zero-order valence-corrected chi connectivity index (χ0v) is 11.3. The topological polar surface area (TPSA) is 53.4 Å².